The molecular weight excluding hydrogens is 244 g/mol. The topological polar surface area (TPSA) is 75.4 Å². The molecule has 1 heterocycles. The molecule has 1 rings (SSSR count). The van der Waals surface area contributed by atoms with E-state index in [0.717, 1.165) is 17.0 Å². The van der Waals surface area contributed by atoms with E-state index >= 15 is 0 Å². The smallest absolute Gasteiger partial charge is 0.220 e. The molecule has 1 aromatic rings. The molecule has 0 bridgehead atoms. The molecule has 1 aromatic heterocycles. The van der Waals surface area contributed by atoms with Crippen molar-refractivity contribution in [1.29, 1.82) is 0 Å². The fourth-order valence-electron chi connectivity index (χ4n) is 2.26. The maximum atomic E-state index is 11.9. The van der Waals surface area contributed by atoms with Gasteiger partial charge >= 0.3 is 0 Å². The molecule has 108 valence electrons. The maximum absolute atomic E-state index is 11.9. The minimum atomic E-state index is 0.0253. The predicted octanol–water partition coefficient (Wildman–Crippen LogP) is 1.92. The van der Waals surface area contributed by atoms with E-state index in [0.29, 0.717) is 25.3 Å². The fraction of sp³-hybridized carbons (Fsp3) is 0.714. The number of carbonyl (C=O) groups is 1. The Morgan fingerprint density at radius 3 is 2.63 bits per heavy atom. The second-order valence-corrected chi connectivity index (χ2v) is 5.26. The Morgan fingerprint density at radius 1 is 1.42 bits per heavy atom. The molecule has 2 atom stereocenters. The van der Waals surface area contributed by atoms with Gasteiger partial charge in [0.15, 0.2) is 0 Å². The normalized spacial score (nSPS) is 14.2. The van der Waals surface area contributed by atoms with Crippen LogP contribution in [0.2, 0.25) is 0 Å². The summed E-state index contributed by atoms with van der Waals surface area (Å²) in [4.78, 5) is 11.9. The van der Waals surface area contributed by atoms with Gasteiger partial charge in [0.2, 0.25) is 5.91 Å². The number of nitrogens with one attached hydrogen (secondary N) is 1. The summed E-state index contributed by atoms with van der Waals surface area (Å²) in [7, 11) is 0. The molecule has 5 heteroatoms. The zero-order valence-corrected chi connectivity index (χ0v) is 12.2. The lowest BCUT2D eigenvalue weighted by Gasteiger charge is -2.14. The van der Waals surface area contributed by atoms with Crippen molar-refractivity contribution in [2.45, 2.75) is 46.5 Å². The zero-order chi connectivity index (χ0) is 14.4. The molecule has 0 radical (unpaired) electrons. The number of carbonyl (C=O) groups excluding carboxylic acids is 1. The summed E-state index contributed by atoms with van der Waals surface area (Å²) in [6.07, 6.45) is 1.13. The maximum Gasteiger partial charge on any atom is 0.220 e. The summed E-state index contributed by atoms with van der Waals surface area (Å²) in [6.45, 7) is 8.54. The highest BCUT2D eigenvalue weighted by Crippen LogP contribution is 2.25. The van der Waals surface area contributed by atoms with Crippen molar-refractivity contribution in [1.82, 2.24) is 10.5 Å². The van der Waals surface area contributed by atoms with E-state index in [2.05, 4.69) is 10.5 Å². The van der Waals surface area contributed by atoms with E-state index in [1.807, 2.05) is 27.7 Å². The lowest BCUT2D eigenvalue weighted by molar-refractivity contribution is -0.121. The molecule has 2 unspecified atom stereocenters. The number of amides is 1. The van der Waals surface area contributed by atoms with Gasteiger partial charge in [-0.1, -0.05) is 19.0 Å². The molecule has 19 heavy (non-hydrogen) atoms. The molecule has 0 aliphatic rings. The van der Waals surface area contributed by atoms with Crippen LogP contribution in [0.5, 0.6) is 0 Å². The van der Waals surface area contributed by atoms with Crippen LogP contribution in [0.15, 0.2) is 4.52 Å². The Labute approximate surface area is 114 Å². The Balaban J connectivity index is 2.44. The van der Waals surface area contributed by atoms with Crippen LogP contribution < -0.4 is 5.32 Å². The van der Waals surface area contributed by atoms with Gasteiger partial charge in [0.1, 0.15) is 5.76 Å². The van der Waals surface area contributed by atoms with Crippen LogP contribution in [0.25, 0.3) is 0 Å². The predicted molar refractivity (Wildman–Crippen MR) is 72.9 cm³/mol. The number of rotatable bonds is 7. The second-order valence-electron chi connectivity index (χ2n) is 5.26. The van der Waals surface area contributed by atoms with Gasteiger partial charge in [-0.25, -0.2) is 0 Å². The monoisotopic (exact) mass is 268 g/mol. The molecule has 0 saturated heterocycles. The molecule has 0 saturated carbocycles. The molecule has 0 aliphatic heterocycles. The van der Waals surface area contributed by atoms with Crippen LogP contribution >= 0.6 is 0 Å². The summed E-state index contributed by atoms with van der Waals surface area (Å²) < 4.78 is 5.12. The van der Waals surface area contributed by atoms with E-state index in [9.17, 15) is 4.79 Å². The van der Waals surface area contributed by atoms with Crippen LogP contribution in [0, 0.1) is 19.8 Å². The first-order chi connectivity index (χ1) is 8.95. The number of aliphatic hydroxyl groups is 1. The minimum Gasteiger partial charge on any atom is -0.396 e. The number of aliphatic hydroxyl groups excluding tert-OH is 1. The average molecular weight is 268 g/mol. The van der Waals surface area contributed by atoms with Crippen molar-refractivity contribution < 1.29 is 14.4 Å². The van der Waals surface area contributed by atoms with E-state index in [-0.39, 0.29) is 18.4 Å². The lowest BCUT2D eigenvalue weighted by atomic mass is 9.96. The first-order valence-electron chi connectivity index (χ1n) is 6.76. The third kappa shape index (κ3) is 4.67. The van der Waals surface area contributed by atoms with Crippen LogP contribution in [0.3, 0.4) is 0 Å². The van der Waals surface area contributed by atoms with E-state index < -0.39 is 0 Å². The quantitative estimate of drug-likeness (QED) is 0.792. The highest BCUT2D eigenvalue weighted by atomic mass is 16.5. The summed E-state index contributed by atoms with van der Waals surface area (Å²) in [5, 5.41) is 15.6. The summed E-state index contributed by atoms with van der Waals surface area (Å²) in [6, 6.07) is 0. The highest BCUT2D eigenvalue weighted by molar-refractivity contribution is 5.76. The van der Waals surface area contributed by atoms with Gasteiger partial charge in [-0.05, 0) is 32.1 Å². The van der Waals surface area contributed by atoms with Gasteiger partial charge < -0.3 is 14.9 Å². The SMILES string of the molecule is Cc1noc(C)c1C(C)CC(=O)NCC(C)CCO. The third-order valence-corrected chi connectivity index (χ3v) is 3.34. The van der Waals surface area contributed by atoms with Crippen molar-refractivity contribution in [2.24, 2.45) is 5.92 Å². The molecule has 2 N–H and O–H groups in total. The van der Waals surface area contributed by atoms with Gasteiger partial charge in [0.05, 0.1) is 5.69 Å². The number of aromatic nitrogens is 1. The first kappa shape index (κ1) is 15.7. The van der Waals surface area contributed by atoms with Gasteiger partial charge in [-0.2, -0.15) is 0 Å². The molecule has 0 fully saturated rings. The Morgan fingerprint density at radius 2 is 2.11 bits per heavy atom. The number of nitrogens with zero attached hydrogens (tertiary/aromatic N) is 1. The first-order valence-corrected chi connectivity index (χ1v) is 6.76. The van der Waals surface area contributed by atoms with Crippen molar-refractivity contribution in [2.75, 3.05) is 13.2 Å². The van der Waals surface area contributed by atoms with E-state index in [1.54, 1.807) is 0 Å². The third-order valence-electron chi connectivity index (χ3n) is 3.34. The molecular formula is C14H24N2O3. The minimum absolute atomic E-state index is 0.0253. The van der Waals surface area contributed by atoms with Crippen molar-refractivity contribution >= 4 is 5.91 Å². The van der Waals surface area contributed by atoms with Crippen molar-refractivity contribution in [3.8, 4) is 0 Å². The number of aryl methyl sites for hydroxylation is 2. The van der Waals surface area contributed by atoms with Crippen molar-refractivity contribution in [3.63, 3.8) is 0 Å². The standard InChI is InChI=1S/C14H24N2O3/c1-9(5-6-17)8-15-13(18)7-10(2)14-11(3)16-19-12(14)4/h9-10,17H,5-8H2,1-4H3,(H,15,18). The van der Waals surface area contributed by atoms with Crippen LogP contribution in [0.1, 0.15) is 49.6 Å². The molecule has 0 aromatic carbocycles. The summed E-state index contributed by atoms with van der Waals surface area (Å²) in [5.41, 5.74) is 1.88. The summed E-state index contributed by atoms with van der Waals surface area (Å²) in [5.74, 6) is 1.20. The zero-order valence-electron chi connectivity index (χ0n) is 12.2. The van der Waals surface area contributed by atoms with Crippen LogP contribution in [-0.4, -0.2) is 29.3 Å². The Bertz CT molecular complexity index is 395. The molecule has 5 nitrogen and oxygen atoms in total. The lowest BCUT2D eigenvalue weighted by Crippen LogP contribution is -2.29. The second kappa shape index (κ2) is 7.28. The molecule has 0 aliphatic carbocycles. The van der Waals surface area contributed by atoms with Gasteiger partial charge in [-0.3, -0.25) is 4.79 Å². The largest absolute Gasteiger partial charge is 0.396 e. The Hall–Kier alpha value is -1.36. The van der Waals surface area contributed by atoms with Crippen LogP contribution in [0.4, 0.5) is 0 Å². The van der Waals surface area contributed by atoms with Gasteiger partial charge in [0, 0.05) is 25.1 Å². The van der Waals surface area contributed by atoms with Crippen LogP contribution in [-0.2, 0) is 4.79 Å². The van der Waals surface area contributed by atoms with Gasteiger partial charge in [-0.15, -0.1) is 0 Å². The van der Waals surface area contributed by atoms with Crippen molar-refractivity contribution in [3.05, 3.63) is 17.0 Å². The fourth-order valence-corrected chi connectivity index (χ4v) is 2.26. The van der Waals surface area contributed by atoms with E-state index in [1.165, 1.54) is 0 Å². The number of hydrogen-bond acceptors (Lipinski definition) is 4. The molecule has 0 spiro atoms. The summed E-state index contributed by atoms with van der Waals surface area (Å²) >= 11 is 0. The average Bonchev–Trinajstić information content (AvgIpc) is 2.67. The highest BCUT2D eigenvalue weighted by Gasteiger charge is 2.19. The molecule has 1 amide bonds. The number of hydrogen-bond donors (Lipinski definition) is 2. The van der Waals surface area contributed by atoms with E-state index in [4.69, 9.17) is 9.63 Å². The van der Waals surface area contributed by atoms with Gasteiger partial charge in [0.25, 0.3) is 0 Å². The Kier molecular flexibility index (Phi) is 6.02.